The van der Waals surface area contributed by atoms with E-state index in [-0.39, 0.29) is 4.90 Å². The van der Waals surface area contributed by atoms with Crippen molar-refractivity contribution in [2.75, 3.05) is 12.1 Å². The minimum absolute atomic E-state index is 0.165. The fourth-order valence-corrected chi connectivity index (χ4v) is 1.40. The van der Waals surface area contributed by atoms with Gasteiger partial charge in [0.1, 0.15) is 0 Å². The zero-order valence-corrected chi connectivity index (χ0v) is 8.41. The molecule has 0 fully saturated rings. The summed E-state index contributed by atoms with van der Waals surface area (Å²) in [6.45, 7) is 2.25. The first kappa shape index (κ1) is 11.0. The second-order valence-electron chi connectivity index (χ2n) is 2.54. The molecule has 0 saturated heterocycles. The summed E-state index contributed by atoms with van der Waals surface area (Å²) in [6.07, 6.45) is 0. The van der Waals surface area contributed by atoms with E-state index in [0.717, 1.165) is 0 Å². The molecule has 0 heterocycles. The predicted octanol–water partition coefficient (Wildman–Crippen LogP) is 1.30. The fraction of sp³-hybridized carbons (Fsp3) is 0.250. The van der Waals surface area contributed by atoms with Crippen LogP contribution in [0.5, 0.6) is 0 Å². The molecule has 0 aliphatic carbocycles. The molecule has 0 saturated carbocycles. The third-order valence-corrected chi connectivity index (χ3v) is 2.32. The van der Waals surface area contributed by atoms with Gasteiger partial charge in [-0.25, -0.2) is 0 Å². The lowest BCUT2D eigenvalue weighted by atomic mass is 10.3. The van der Waals surface area contributed by atoms with Crippen LogP contribution in [0.1, 0.15) is 6.92 Å². The molecule has 0 aliphatic heterocycles. The summed E-state index contributed by atoms with van der Waals surface area (Å²) >= 11 is 0. The normalized spacial score (nSPS) is 11.3. The molecule has 0 spiro atoms. The maximum atomic E-state index is 10.7. The van der Waals surface area contributed by atoms with Crippen LogP contribution in [-0.2, 0) is 15.0 Å². The van der Waals surface area contributed by atoms with Gasteiger partial charge in [-0.05, 0) is 25.1 Å². The van der Waals surface area contributed by atoms with Gasteiger partial charge in [0.2, 0.25) is 0 Å². The van der Waals surface area contributed by atoms with Crippen molar-refractivity contribution in [3.63, 3.8) is 0 Å². The standard InChI is InChI=1S/C8H11NO4S/c1-2-13-9-7-4-3-5-8(6-7)14(10,11)12/h3-6,9H,2H2,1H3,(H,10,11,12). The van der Waals surface area contributed by atoms with E-state index < -0.39 is 10.1 Å². The lowest BCUT2D eigenvalue weighted by Gasteiger charge is -2.05. The number of rotatable bonds is 4. The molecular weight excluding hydrogens is 206 g/mol. The lowest BCUT2D eigenvalue weighted by molar-refractivity contribution is 0.210. The molecule has 1 rings (SSSR count). The van der Waals surface area contributed by atoms with Gasteiger partial charge in [0.05, 0.1) is 17.2 Å². The average molecular weight is 217 g/mol. The summed E-state index contributed by atoms with van der Waals surface area (Å²) in [7, 11) is -4.15. The van der Waals surface area contributed by atoms with E-state index in [4.69, 9.17) is 9.39 Å². The first-order valence-corrected chi connectivity index (χ1v) is 5.43. The molecule has 0 aromatic heterocycles. The molecule has 0 bridgehead atoms. The van der Waals surface area contributed by atoms with Gasteiger partial charge in [0.15, 0.2) is 0 Å². The lowest BCUT2D eigenvalue weighted by Crippen LogP contribution is -2.02. The molecule has 0 unspecified atom stereocenters. The van der Waals surface area contributed by atoms with Gasteiger partial charge in [0, 0.05) is 0 Å². The van der Waals surface area contributed by atoms with Gasteiger partial charge in [-0.15, -0.1) is 0 Å². The Kier molecular flexibility index (Phi) is 3.45. The minimum atomic E-state index is -4.15. The summed E-state index contributed by atoms with van der Waals surface area (Å²) in [5.74, 6) is 0. The van der Waals surface area contributed by atoms with Crippen LogP contribution in [0.2, 0.25) is 0 Å². The molecule has 78 valence electrons. The molecule has 14 heavy (non-hydrogen) atoms. The Morgan fingerprint density at radius 2 is 2.21 bits per heavy atom. The summed E-state index contributed by atoms with van der Waals surface area (Å²) < 4.78 is 30.2. The zero-order valence-electron chi connectivity index (χ0n) is 7.60. The number of hydrogen-bond acceptors (Lipinski definition) is 4. The van der Waals surface area contributed by atoms with Gasteiger partial charge in [-0.3, -0.25) is 14.9 Å². The first-order valence-electron chi connectivity index (χ1n) is 3.99. The largest absolute Gasteiger partial charge is 0.294 e. The highest BCUT2D eigenvalue weighted by molar-refractivity contribution is 7.85. The maximum Gasteiger partial charge on any atom is 0.294 e. The van der Waals surface area contributed by atoms with E-state index >= 15 is 0 Å². The van der Waals surface area contributed by atoms with Crippen LogP contribution in [0.15, 0.2) is 29.2 Å². The van der Waals surface area contributed by atoms with Crippen molar-refractivity contribution >= 4 is 15.8 Å². The van der Waals surface area contributed by atoms with Crippen LogP contribution in [0.3, 0.4) is 0 Å². The van der Waals surface area contributed by atoms with Gasteiger partial charge >= 0.3 is 0 Å². The Bertz CT molecular complexity index is 402. The number of benzene rings is 1. The topological polar surface area (TPSA) is 75.6 Å². The van der Waals surface area contributed by atoms with Crippen molar-refractivity contribution in [3.8, 4) is 0 Å². The Balaban J connectivity index is 2.90. The fourth-order valence-electron chi connectivity index (χ4n) is 0.876. The minimum Gasteiger partial charge on any atom is -0.282 e. The third kappa shape index (κ3) is 2.99. The van der Waals surface area contributed by atoms with Crippen LogP contribution < -0.4 is 5.48 Å². The highest BCUT2D eigenvalue weighted by Gasteiger charge is 2.08. The van der Waals surface area contributed by atoms with Crippen LogP contribution >= 0.6 is 0 Å². The van der Waals surface area contributed by atoms with Gasteiger partial charge in [-0.2, -0.15) is 8.42 Å². The molecule has 2 N–H and O–H groups in total. The molecular formula is C8H11NO4S. The van der Waals surface area contributed by atoms with Crippen molar-refractivity contribution in [1.82, 2.24) is 0 Å². The van der Waals surface area contributed by atoms with Crippen LogP contribution in [0.4, 0.5) is 5.69 Å². The van der Waals surface area contributed by atoms with Crippen LogP contribution in [0, 0.1) is 0 Å². The van der Waals surface area contributed by atoms with E-state index in [2.05, 4.69) is 5.48 Å². The monoisotopic (exact) mass is 217 g/mol. The van der Waals surface area contributed by atoms with Crippen molar-refractivity contribution in [2.24, 2.45) is 0 Å². The Hall–Kier alpha value is -1.11. The van der Waals surface area contributed by atoms with E-state index in [1.54, 1.807) is 13.0 Å². The summed E-state index contributed by atoms with van der Waals surface area (Å²) in [5, 5.41) is 0. The van der Waals surface area contributed by atoms with Gasteiger partial charge in [-0.1, -0.05) is 6.07 Å². The van der Waals surface area contributed by atoms with Crippen LogP contribution in [0.25, 0.3) is 0 Å². The molecule has 0 aliphatic rings. The molecule has 0 amide bonds. The van der Waals surface area contributed by atoms with Crippen molar-refractivity contribution < 1.29 is 17.8 Å². The Morgan fingerprint density at radius 1 is 1.50 bits per heavy atom. The Morgan fingerprint density at radius 3 is 2.79 bits per heavy atom. The molecule has 0 radical (unpaired) electrons. The second kappa shape index (κ2) is 4.41. The maximum absolute atomic E-state index is 10.7. The van der Waals surface area contributed by atoms with Crippen molar-refractivity contribution in [3.05, 3.63) is 24.3 Å². The van der Waals surface area contributed by atoms with Gasteiger partial charge < -0.3 is 0 Å². The number of anilines is 1. The van der Waals surface area contributed by atoms with Crippen molar-refractivity contribution in [2.45, 2.75) is 11.8 Å². The quantitative estimate of drug-likeness (QED) is 0.587. The second-order valence-corrected chi connectivity index (χ2v) is 3.96. The zero-order chi connectivity index (χ0) is 10.6. The predicted molar refractivity (Wildman–Crippen MR) is 51.5 cm³/mol. The van der Waals surface area contributed by atoms with Crippen molar-refractivity contribution in [1.29, 1.82) is 0 Å². The number of nitrogens with one attached hydrogen (secondary N) is 1. The molecule has 5 nitrogen and oxygen atoms in total. The number of hydrogen-bond donors (Lipinski definition) is 2. The highest BCUT2D eigenvalue weighted by atomic mass is 32.2. The van der Waals surface area contributed by atoms with E-state index in [9.17, 15) is 8.42 Å². The molecule has 1 aromatic rings. The van der Waals surface area contributed by atoms with Gasteiger partial charge in [0.25, 0.3) is 10.1 Å². The first-order chi connectivity index (χ1) is 6.54. The van der Waals surface area contributed by atoms with Crippen LogP contribution in [-0.4, -0.2) is 19.6 Å². The SMILES string of the molecule is CCONc1cccc(S(=O)(=O)O)c1. The summed E-state index contributed by atoms with van der Waals surface area (Å²) in [4.78, 5) is 4.70. The van der Waals surface area contributed by atoms with E-state index in [0.29, 0.717) is 12.3 Å². The van der Waals surface area contributed by atoms with E-state index in [1.165, 1.54) is 18.2 Å². The Labute approximate surface area is 82.4 Å². The molecule has 1 aromatic carbocycles. The molecule has 6 heteroatoms. The summed E-state index contributed by atoms with van der Waals surface area (Å²) in [6, 6.07) is 5.71. The molecule has 0 atom stereocenters. The van der Waals surface area contributed by atoms with E-state index in [1.807, 2.05) is 0 Å². The summed E-state index contributed by atoms with van der Waals surface area (Å²) in [5.41, 5.74) is 3.01. The smallest absolute Gasteiger partial charge is 0.282 e. The average Bonchev–Trinajstić information content (AvgIpc) is 2.14. The third-order valence-electron chi connectivity index (χ3n) is 1.47. The highest BCUT2D eigenvalue weighted by Crippen LogP contribution is 2.14.